The molecule has 3 saturated heterocycles. The minimum absolute atomic E-state index is 0.0323. The molecular weight excluding hydrogens is 480 g/mol. The highest BCUT2D eigenvalue weighted by Crippen LogP contribution is 2.33. The van der Waals surface area contributed by atoms with E-state index >= 15 is 0 Å². The molecule has 3 aliphatic heterocycles. The smallest absolute Gasteiger partial charge is 0.249 e. The summed E-state index contributed by atoms with van der Waals surface area (Å²) in [7, 11) is 0. The van der Waals surface area contributed by atoms with Crippen molar-refractivity contribution in [1.29, 1.82) is 0 Å². The molecule has 0 bridgehead atoms. The van der Waals surface area contributed by atoms with Crippen LogP contribution in [0.1, 0.15) is 43.0 Å². The van der Waals surface area contributed by atoms with E-state index in [9.17, 15) is 14.4 Å². The number of carbonyl (C=O) groups is 3. The Morgan fingerprint density at radius 1 is 0.895 bits per heavy atom. The SMILES string of the molecule is CC(=O)NC(C(=O)N1CC2CN(CC[C@H](NC(=O)C3CCOC3)c3ccccc3)CC2C1)c1ccccc1. The van der Waals surface area contributed by atoms with Crippen LogP contribution < -0.4 is 10.6 Å². The Hall–Kier alpha value is -3.23. The van der Waals surface area contributed by atoms with E-state index in [1.54, 1.807) is 0 Å². The van der Waals surface area contributed by atoms with Crippen molar-refractivity contribution in [1.82, 2.24) is 20.4 Å². The highest BCUT2D eigenvalue weighted by molar-refractivity contribution is 5.88. The molecule has 0 saturated carbocycles. The Balaban J connectivity index is 1.16. The first-order chi connectivity index (χ1) is 18.5. The second-order valence-electron chi connectivity index (χ2n) is 10.9. The predicted molar refractivity (Wildman–Crippen MR) is 144 cm³/mol. The van der Waals surface area contributed by atoms with Crippen LogP contribution in [-0.4, -0.2) is 73.5 Å². The van der Waals surface area contributed by atoms with Crippen molar-refractivity contribution in [3.05, 3.63) is 71.8 Å². The van der Waals surface area contributed by atoms with Gasteiger partial charge in [0.2, 0.25) is 17.7 Å². The summed E-state index contributed by atoms with van der Waals surface area (Å²) in [6.07, 6.45) is 1.62. The number of hydrogen-bond acceptors (Lipinski definition) is 5. The van der Waals surface area contributed by atoms with Crippen molar-refractivity contribution in [2.75, 3.05) is 45.9 Å². The molecule has 0 aliphatic carbocycles. The largest absolute Gasteiger partial charge is 0.381 e. The summed E-state index contributed by atoms with van der Waals surface area (Å²) in [6.45, 7) is 6.80. The zero-order valence-corrected chi connectivity index (χ0v) is 22.1. The third-order valence-electron chi connectivity index (χ3n) is 8.15. The van der Waals surface area contributed by atoms with E-state index < -0.39 is 6.04 Å². The minimum Gasteiger partial charge on any atom is -0.381 e. The molecule has 4 unspecified atom stereocenters. The van der Waals surface area contributed by atoms with Gasteiger partial charge in [-0.05, 0) is 35.8 Å². The van der Waals surface area contributed by atoms with E-state index in [2.05, 4.69) is 27.7 Å². The van der Waals surface area contributed by atoms with Crippen LogP contribution in [-0.2, 0) is 19.1 Å². The quantitative estimate of drug-likeness (QED) is 0.533. The molecule has 38 heavy (non-hydrogen) atoms. The van der Waals surface area contributed by atoms with Crippen LogP contribution in [0.2, 0.25) is 0 Å². The summed E-state index contributed by atoms with van der Waals surface area (Å²) in [6, 6.07) is 19.0. The van der Waals surface area contributed by atoms with Gasteiger partial charge in [0, 0.05) is 46.3 Å². The van der Waals surface area contributed by atoms with Crippen LogP contribution in [0.15, 0.2) is 60.7 Å². The lowest BCUT2D eigenvalue weighted by Crippen LogP contribution is -2.42. The first-order valence-electron chi connectivity index (χ1n) is 13.7. The molecule has 5 rings (SSSR count). The lowest BCUT2D eigenvalue weighted by atomic mass is 10.0. The molecule has 0 spiro atoms. The molecule has 5 atom stereocenters. The van der Waals surface area contributed by atoms with Crippen LogP contribution >= 0.6 is 0 Å². The molecule has 3 fully saturated rings. The molecule has 0 radical (unpaired) electrons. The van der Waals surface area contributed by atoms with Gasteiger partial charge >= 0.3 is 0 Å². The number of rotatable bonds is 9. The number of ether oxygens (including phenoxy) is 1. The van der Waals surface area contributed by atoms with Gasteiger partial charge in [0.15, 0.2) is 0 Å². The molecule has 2 aromatic rings. The highest BCUT2D eigenvalue weighted by Gasteiger charge is 2.43. The van der Waals surface area contributed by atoms with Gasteiger partial charge in [-0.25, -0.2) is 0 Å². The molecule has 3 heterocycles. The number of fused-ring (bicyclic) bond motifs is 1. The monoisotopic (exact) mass is 518 g/mol. The maximum Gasteiger partial charge on any atom is 0.249 e. The van der Waals surface area contributed by atoms with Crippen LogP contribution in [0.25, 0.3) is 0 Å². The fourth-order valence-electron chi connectivity index (χ4n) is 6.12. The van der Waals surface area contributed by atoms with Gasteiger partial charge in [0.25, 0.3) is 0 Å². The fraction of sp³-hybridized carbons (Fsp3) is 0.500. The summed E-state index contributed by atoms with van der Waals surface area (Å²) >= 11 is 0. The zero-order valence-electron chi connectivity index (χ0n) is 22.1. The van der Waals surface area contributed by atoms with Gasteiger partial charge in [0.05, 0.1) is 18.6 Å². The molecule has 3 aliphatic rings. The average Bonchev–Trinajstić information content (AvgIpc) is 3.67. The van der Waals surface area contributed by atoms with Crippen molar-refractivity contribution < 1.29 is 19.1 Å². The average molecular weight is 519 g/mol. The summed E-state index contributed by atoms with van der Waals surface area (Å²) in [5, 5.41) is 6.13. The molecule has 8 nitrogen and oxygen atoms in total. The Morgan fingerprint density at radius 2 is 1.53 bits per heavy atom. The second kappa shape index (κ2) is 12.1. The first kappa shape index (κ1) is 26.4. The van der Waals surface area contributed by atoms with Crippen molar-refractivity contribution in [2.24, 2.45) is 17.8 Å². The fourth-order valence-corrected chi connectivity index (χ4v) is 6.12. The number of amides is 3. The van der Waals surface area contributed by atoms with Crippen LogP contribution in [0, 0.1) is 17.8 Å². The van der Waals surface area contributed by atoms with E-state index in [1.165, 1.54) is 6.92 Å². The first-order valence-corrected chi connectivity index (χ1v) is 13.7. The van der Waals surface area contributed by atoms with E-state index in [-0.39, 0.29) is 29.7 Å². The molecule has 0 aromatic heterocycles. The summed E-state index contributed by atoms with van der Waals surface area (Å²) < 4.78 is 5.42. The summed E-state index contributed by atoms with van der Waals surface area (Å²) in [4.78, 5) is 42.5. The van der Waals surface area contributed by atoms with Gasteiger partial charge in [0.1, 0.15) is 6.04 Å². The predicted octanol–water partition coefficient (Wildman–Crippen LogP) is 2.54. The molecule has 2 N–H and O–H groups in total. The van der Waals surface area contributed by atoms with Crippen LogP contribution in [0.5, 0.6) is 0 Å². The Labute approximate surface area is 224 Å². The minimum atomic E-state index is -0.649. The third-order valence-corrected chi connectivity index (χ3v) is 8.15. The third kappa shape index (κ3) is 6.25. The Morgan fingerprint density at radius 3 is 2.11 bits per heavy atom. The highest BCUT2D eigenvalue weighted by atomic mass is 16.5. The van der Waals surface area contributed by atoms with Gasteiger partial charge < -0.3 is 25.2 Å². The summed E-state index contributed by atoms with van der Waals surface area (Å²) in [5.74, 6) is 0.624. The topological polar surface area (TPSA) is 91.0 Å². The van der Waals surface area contributed by atoms with Gasteiger partial charge in [-0.15, -0.1) is 0 Å². The second-order valence-corrected chi connectivity index (χ2v) is 10.9. The van der Waals surface area contributed by atoms with E-state index in [0.717, 1.165) is 43.6 Å². The van der Waals surface area contributed by atoms with Crippen LogP contribution in [0.4, 0.5) is 0 Å². The lowest BCUT2D eigenvalue weighted by Gasteiger charge is -2.27. The zero-order chi connectivity index (χ0) is 26.5. The molecular formula is C30H38N4O4. The van der Waals surface area contributed by atoms with Crippen molar-refractivity contribution in [3.8, 4) is 0 Å². The van der Waals surface area contributed by atoms with Gasteiger partial charge in [-0.1, -0.05) is 60.7 Å². The van der Waals surface area contributed by atoms with Gasteiger partial charge in [-0.3, -0.25) is 14.4 Å². The molecule has 202 valence electrons. The number of likely N-dealkylation sites (tertiary alicyclic amines) is 2. The van der Waals surface area contributed by atoms with Crippen molar-refractivity contribution >= 4 is 17.7 Å². The number of nitrogens with zero attached hydrogens (tertiary/aromatic N) is 2. The van der Waals surface area contributed by atoms with Crippen molar-refractivity contribution in [3.63, 3.8) is 0 Å². The maximum atomic E-state index is 13.4. The van der Waals surface area contributed by atoms with E-state index in [0.29, 0.717) is 38.1 Å². The van der Waals surface area contributed by atoms with Gasteiger partial charge in [-0.2, -0.15) is 0 Å². The number of benzene rings is 2. The summed E-state index contributed by atoms with van der Waals surface area (Å²) in [5.41, 5.74) is 1.94. The van der Waals surface area contributed by atoms with E-state index in [4.69, 9.17) is 4.74 Å². The standard InChI is InChI=1S/C30H38N4O4/c1-21(35)31-28(23-10-6-3-7-11-23)30(37)34-18-25-16-33(17-26(25)19-34)14-12-27(22-8-4-2-5-9-22)32-29(36)24-13-15-38-20-24/h2-11,24-28H,12-20H2,1H3,(H,31,35)(H,32,36)/t24?,25?,26?,27-,28?/m0/s1. The van der Waals surface area contributed by atoms with Crippen LogP contribution in [0.3, 0.4) is 0 Å². The Bertz CT molecular complexity index is 1090. The maximum absolute atomic E-state index is 13.4. The molecule has 8 heteroatoms. The number of hydrogen-bond donors (Lipinski definition) is 2. The van der Waals surface area contributed by atoms with E-state index in [1.807, 2.05) is 53.4 Å². The van der Waals surface area contributed by atoms with Crippen molar-refractivity contribution in [2.45, 2.75) is 31.8 Å². The number of nitrogens with one attached hydrogen (secondary N) is 2. The Kier molecular flexibility index (Phi) is 8.39. The molecule has 2 aromatic carbocycles. The normalized spacial score (nSPS) is 24.6. The number of carbonyl (C=O) groups excluding carboxylic acids is 3. The molecule has 3 amide bonds. The lowest BCUT2D eigenvalue weighted by molar-refractivity contribution is -0.135.